The molecule has 2 atom stereocenters. The second kappa shape index (κ2) is 5.08. The number of carbonyl (C=O) groups excluding carboxylic acids is 1. The van der Waals surface area contributed by atoms with Crippen molar-refractivity contribution in [3.05, 3.63) is 0 Å². The Labute approximate surface area is 117 Å². The van der Waals surface area contributed by atoms with Gasteiger partial charge in [-0.3, -0.25) is 10.1 Å². The summed E-state index contributed by atoms with van der Waals surface area (Å²) in [6.07, 6.45) is 11.6. The molecule has 2 aliphatic carbocycles. The van der Waals surface area contributed by atoms with Gasteiger partial charge in [-0.05, 0) is 44.9 Å². The van der Waals surface area contributed by atoms with Gasteiger partial charge in [-0.25, -0.2) is 0 Å². The van der Waals surface area contributed by atoms with E-state index in [0.717, 1.165) is 6.42 Å². The molecule has 19 heavy (non-hydrogen) atoms. The predicted octanol–water partition coefficient (Wildman–Crippen LogP) is 3.05. The highest BCUT2D eigenvalue weighted by molar-refractivity contribution is 5.88. The Balaban J connectivity index is 1.84. The Morgan fingerprint density at radius 1 is 1.16 bits per heavy atom. The summed E-state index contributed by atoms with van der Waals surface area (Å²) in [5, 5.41) is 3.71. The molecule has 108 valence electrons. The molecule has 0 spiro atoms. The smallest absolute Gasteiger partial charge is 0.244 e. The highest BCUT2D eigenvalue weighted by atomic mass is 16.2. The quantitative estimate of drug-likeness (QED) is 0.849. The molecule has 0 bridgehead atoms. The molecule has 2 unspecified atom stereocenters. The summed E-state index contributed by atoms with van der Waals surface area (Å²) >= 11 is 0. The van der Waals surface area contributed by atoms with Crippen molar-refractivity contribution in [1.82, 2.24) is 10.2 Å². The third-order valence-electron chi connectivity index (χ3n) is 5.74. The highest BCUT2D eigenvalue weighted by Gasteiger charge is 2.51. The van der Waals surface area contributed by atoms with Gasteiger partial charge in [-0.1, -0.05) is 32.6 Å². The number of nitrogens with zero attached hydrogens (tertiary/aromatic N) is 1. The molecule has 2 saturated carbocycles. The monoisotopic (exact) mass is 264 g/mol. The molecule has 1 heterocycles. The molecule has 3 rings (SSSR count). The van der Waals surface area contributed by atoms with E-state index >= 15 is 0 Å². The fraction of sp³-hybridized carbons (Fsp3) is 0.938. The van der Waals surface area contributed by atoms with Gasteiger partial charge in [0, 0.05) is 6.04 Å². The van der Waals surface area contributed by atoms with Gasteiger partial charge in [0.25, 0.3) is 0 Å². The molecule has 3 fully saturated rings. The van der Waals surface area contributed by atoms with Crippen LogP contribution in [0.1, 0.15) is 71.6 Å². The number of carbonyl (C=O) groups is 1. The van der Waals surface area contributed by atoms with Gasteiger partial charge < -0.3 is 4.90 Å². The zero-order valence-electron chi connectivity index (χ0n) is 12.5. The second-order valence-corrected chi connectivity index (χ2v) is 6.97. The number of hydrogen-bond acceptors (Lipinski definition) is 2. The molecule has 0 radical (unpaired) electrons. The van der Waals surface area contributed by atoms with E-state index in [2.05, 4.69) is 24.1 Å². The van der Waals surface area contributed by atoms with Gasteiger partial charge in [0.15, 0.2) is 0 Å². The summed E-state index contributed by atoms with van der Waals surface area (Å²) in [7, 11) is 0. The van der Waals surface area contributed by atoms with E-state index in [-0.39, 0.29) is 5.54 Å². The largest absolute Gasteiger partial charge is 0.322 e. The molecule has 0 aromatic rings. The molecular weight excluding hydrogens is 236 g/mol. The standard InChI is InChI=1S/C16H28N2O/c1-3-16(2)15(19)18(13-10-6-7-11-13)14(17-16)12-8-4-5-9-12/h12-14,17H,3-11H2,1-2H3. The molecular formula is C16H28N2O. The predicted molar refractivity (Wildman–Crippen MR) is 76.7 cm³/mol. The minimum atomic E-state index is -0.310. The lowest BCUT2D eigenvalue weighted by atomic mass is 9.99. The third-order valence-corrected chi connectivity index (χ3v) is 5.74. The van der Waals surface area contributed by atoms with E-state index in [1.807, 2.05) is 0 Å². The Morgan fingerprint density at radius 3 is 2.32 bits per heavy atom. The minimum absolute atomic E-state index is 0.310. The summed E-state index contributed by atoms with van der Waals surface area (Å²) in [6, 6.07) is 0.513. The fourth-order valence-electron chi connectivity index (χ4n) is 4.32. The van der Waals surface area contributed by atoms with Crippen molar-refractivity contribution in [3.8, 4) is 0 Å². The van der Waals surface area contributed by atoms with Crippen LogP contribution in [-0.2, 0) is 4.79 Å². The van der Waals surface area contributed by atoms with E-state index in [0.29, 0.717) is 24.0 Å². The first-order valence-electron chi connectivity index (χ1n) is 8.26. The van der Waals surface area contributed by atoms with Gasteiger partial charge in [0.1, 0.15) is 0 Å². The zero-order chi connectivity index (χ0) is 13.5. The molecule has 0 aromatic carbocycles. The Bertz CT molecular complexity index is 345. The summed E-state index contributed by atoms with van der Waals surface area (Å²) < 4.78 is 0. The first-order valence-corrected chi connectivity index (χ1v) is 8.26. The van der Waals surface area contributed by atoms with Crippen LogP contribution in [0.2, 0.25) is 0 Å². The van der Waals surface area contributed by atoms with Crippen LogP contribution in [0.4, 0.5) is 0 Å². The molecule has 3 aliphatic rings. The lowest BCUT2D eigenvalue weighted by Crippen LogP contribution is -2.47. The van der Waals surface area contributed by atoms with Crippen molar-refractivity contribution in [2.24, 2.45) is 5.92 Å². The van der Waals surface area contributed by atoms with Crippen molar-refractivity contribution >= 4 is 5.91 Å². The van der Waals surface area contributed by atoms with Crippen molar-refractivity contribution in [1.29, 1.82) is 0 Å². The number of nitrogens with one attached hydrogen (secondary N) is 1. The maximum atomic E-state index is 12.9. The van der Waals surface area contributed by atoms with Gasteiger partial charge in [-0.2, -0.15) is 0 Å². The summed E-state index contributed by atoms with van der Waals surface area (Å²) in [4.78, 5) is 15.1. The molecule has 1 aliphatic heterocycles. The Morgan fingerprint density at radius 2 is 1.74 bits per heavy atom. The van der Waals surface area contributed by atoms with Crippen molar-refractivity contribution in [2.45, 2.75) is 89.4 Å². The molecule has 1 amide bonds. The van der Waals surface area contributed by atoms with E-state index in [1.54, 1.807) is 0 Å². The van der Waals surface area contributed by atoms with E-state index in [4.69, 9.17) is 0 Å². The van der Waals surface area contributed by atoms with Crippen molar-refractivity contribution in [3.63, 3.8) is 0 Å². The topological polar surface area (TPSA) is 32.3 Å². The summed E-state index contributed by atoms with van der Waals surface area (Å²) in [5.41, 5.74) is -0.310. The number of amides is 1. The number of rotatable bonds is 3. The fourth-order valence-corrected chi connectivity index (χ4v) is 4.32. The highest BCUT2D eigenvalue weighted by Crippen LogP contribution is 2.39. The molecule has 1 N–H and O–H groups in total. The van der Waals surface area contributed by atoms with Crippen LogP contribution >= 0.6 is 0 Å². The van der Waals surface area contributed by atoms with E-state index in [1.165, 1.54) is 51.4 Å². The molecule has 1 saturated heterocycles. The maximum Gasteiger partial charge on any atom is 0.244 e. The van der Waals surface area contributed by atoms with E-state index < -0.39 is 0 Å². The van der Waals surface area contributed by atoms with Crippen LogP contribution in [0.5, 0.6) is 0 Å². The van der Waals surface area contributed by atoms with Crippen LogP contribution in [0.25, 0.3) is 0 Å². The van der Waals surface area contributed by atoms with Crippen molar-refractivity contribution in [2.75, 3.05) is 0 Å². The SMILES string of the molecule is CCC1(C)NC(C2CCCC2)N(C2CCCC2)C1=O. The zero-order valence-corrected chi connectivity index (χ0v) is 12.5. The minimum Gasteiger partial charge on any atom is -0.322 e. The average Bonchev–Trinajstić information content (AvgIpc) is 3.12. The summed E-state index contributed by atoms with van der Waals surface area (Å²) in [6.45, 7) is 4.24. The first-order chi connectivity index (χ1) is 9.15. The van der Waals surface area contributed by atoms with Crippen molar-refractivity contribution < 1.29 is 4.79 Å². The van der Waals surface area contributed by atoms with Crippen LogP contribution in [0, 0.1) is 5.92 Å². The summed E-state index contributed by atoms with van der Waals surface area (Å²) in [5.74, 6) is 1.07. The van der Waals surface area contributed by atoms with Gasteiger partial charge in [0.2, 0.25) is 5.91 Å². The molecule has 3 nitrogen and oxygen atoms in total. The lowest BCUT2D eigenvalue weighted by Gasteiger charge is -2.33. The Kier molecular flexibility index (Phi) is 3.59. The molecule has 3 heteroatoms. The third kappa shape index (κ3) is 2.20. The second-order valence-electron chi connectivity index (χ2n) is 6.97. The van der Waals surface area contributed by atoms with Crippen LogP contribution in [0.3, 0.4) is 0 Å². The average molecular weight is 264 g/mol. The van der Waals surface area contributed by atoms with Gasteiger partial charge in [-0.15, -0.1) is 0 Å². The first kappa shape index (κ1) is 13.4. The van der Waals surface area contributed by atoms with E-state index in [9.17, 15) is 4.79 Å². The van der Waals surface area contributed by atoms with Gasteiger partial charge in [0.05, 0.1) is 11.7 Å². The molecule has 0 aromatic heterocycles. The van der Waals surface area contributed by atoms with Crippen LogP contribution in [-0.4, -0.2) is 28.6 Å². The van der Waals surface area contributed by atoms with Crippen LogP contribution in [0.15, 0.2) is 0 Å². The maximum absolute atomic E-state index is 12.9. The van der Waals surface area contributed by atoms with Gasteiger partial charge >= 0.3 is 0 Å². The Hall–Kier alpha value is -0.570. The van der Waals surface area contributed by atoms with Crippen LogP contribution < -0.4 is 5.32 Å². The normalized spacial score (nSPS) is 37.7. The lowest BCUT2D eigenvalue weighted by molar-refractivity contribution is -0.135. The number of hydrogen-bond donors (Lipinski definition) is 1.